The van der Waals surface area contributed by atoms with Crippen LogP contribution in [0.1, 0.15) is 31.1 Å². The molecule has 20 heavy (non-hydrogen) atoms. The Morgan fingerprint density at radius 1 is 1.45 bits per heavy atom. The second kappa shape index (κ2) is 5.65. The van der Waals surface area contributed by atoms with E-state index in [0.29, 0.717) is 18.4 Å². The largest absolute Gasteiger partial charge is 0.355 e. The highest BCUT2D eigenvalue weighted by molar-refractivity contribution is 7.51. The summed E-state index contributed by atoms with van der Waals surface area (Å²) in [5.41, 5.74) is -0.560. The van der Waals surface area contributed by atoms with Crippen molar-refractivity contribution in [3.05, 3.63) is 32.6 Å². The van der Waals surface area contributed by atoms with Crippen LogP contribution < -0.4 is 11.2 Å². The van der Waals surface area contributed by atoms with Gasteiger partial charge in [-0.15, -0.1) is 0 Å². The lowest BCUT2D eigenvalue weighted by molar-refractivity contribution is -0.00222. The SMILES string of the molecule is Cc1cn([C@H]2CC[C@@H](CCP(=O)(O)O)O2)c(=O)[nH]c1=O. The van der Waals surface area contributed by atoms with Crippen LogP contribution in [0.25, 0.3) is 0 Å². The van der Waals surface area contributed by atoms with Crippen LogP contribution in [-0.4, -0.2) is 31.6 Å². The van der Waals surface area contributed by atoms with Crippen LogP contribution in [0.5, 0.6) is 0 Å². The molecule has 0 aliphatic carbocycles. The maximum Gasteiger partial charge on any atom is 0.330 e. The average Bonchev–Trinajstić information content (AvgIpc) is 2.79. The van der Waals surface area contributed by atoms with E-state index >= 15 is 0 Å². The van der Waals surface area contributed by atoms with Crippen molar-refractivity contribution in [2.24, 2.45) is 0 Å². The monoisotopic (exact) mass is 304 g/mol. The topological polar surface area (TPSA) is 122 Å². The summed E-state index contributed by atoms with van der Waals surface area (Å²) in [4.78, 5) is 42.9. The molecule has 1 aromatic heterocycles. The molecule has 2 rings (SSSR count). The highest BCUT2D eigenvalue weighted by atomic mass is 31.2. The van der Waals surface area contributed by atoms with E-state index in [1.54, 1.807) is 6.92 Å². The van der Waals surface area contributed by atoms with Gasteiger partial charge in [0.2, 0.25) is 0 Å². The molecule has 0 spiro atoms. The predicted molar refractivity (Wildman–Crippen MR) is 70.7 cm³/mol. The molecule has 0 saturated carbocycles. The molecule has 0 bridgehead atoms. The molecule has 2 atom stereocenters. The molecule has 8 nitrogen and oxygen atoms in total. The fourth-order valence-corrected chi connectivity index (χ4v) is 2.84. The van der Waals surface area contributed by atoms with Crippen molar-refractivity contribution in [2.75, 3.05) is 6.16 Å². The van der Waals surface area contributed by atoms with Crippen LogP contribution in [0.4, 0.5) is 0 Å². The van der Waals surface area contributed by atoms with Crippen molar-refractivity contribution in [3.63, 3.8) is 0 Å². The summed E-state index contributed by atoms with van der Waals surface area (Å²) < 4.78 is 17.7. The van der Waals surface area contributed by atoms with Crippen LogP contribution >= 0.6 is 7.60 Å². The Kier molecular flexibility index (Phi) is 4.29. The van der Waals surface area contributed by atoms with Gasteiger partial charge in [0, 0.05) is 11.8 Å². The van der Waals surface area contributed by atoms with E-state index in [-0.39, 0.29) is 18.7 Å². The first-order chi connectivity index (χ1) is 9.26. The molecule has 2 heterocycles. The lowest BCUT2D eigenvalue weighted by Crippen LogP contribution is -2.33. The van der Waals surface area contributed by atoms with Gasteiger partial charge in [-0.3, -0.25) is 18.9 Å². The van der Waals surface area contributed by atoms with Crippen LogP contribution in [0.3, 0.4) is 0 Å². The number of rotatable bonds is 4. The second-order valence-corrected chi connectivity index (χ2v) is 6.72. The number of nitrogens with one attached hydrogen (secondary N) is 1. The van der Waals surface area contributed by atoms with Crippen LogP contribution in [0.2, 0.25) is 0 Å². The molecule has 1 aromatic rings. The van der Waals surface area contributed by atoms with E-state index in [0.717, 1.165) is 0 Å². The van der Waals surface area contributed by atoms with Crippen molar-refractivity contribution in [3.8, 4) is 0 Å². The Labute approximate surface area is 114 Å². The van der Waals surface area contributed by atoms with Crippen molar-refractivity contribution in [1.29, 1.82) is 0 Å². The summed E-state index contributed by atoms with van der Waals surface area (Å²) in [6.07, 6.45) is 1.86. The minimum Gasteiger partial charge on any atom is -0.355 e. The molecule has 0 aromatic carbocycles. The average molecular weight is 304 g/mol. The van der Waals surface area contributed by atoms with Crippen molar-refractivity contribution < 1.29 is 19.1 Å². The Bertz CT molecular complexity index is 645. The van der Waals surface area contributed by atoms with Crippen molar-refractivity contribution >= 4 is 7.60 Å². The third-order valence-corrected chi connectivity index (χ3v) is 4.12. The van der Waals surface area contributed by atoms with E-state index in [1.165, 1.54) is 10.8 Å². The van der Waals surface area contributed by atoms with E-state index in [2.05, 4.69) is 4.98 Å². The van der Waals surface area contributed by atoms with E-state index in [9.17, 15) is 14.2 Å². The maximum absolute atomic E-state index is 11.7. The van der Waals surface area contributed by atoms with Gasteiger partial charge in [-0.05, 0) is 26.2 Å². The Morgan fingerprint density at radius 2 is 2.15 bits per heavy atom. The number of aromatic nitrogens is 2. The summed E-state index contributed by atoms with van der Waals surface area (Å²) in [5, 5.41) is 0. The minimum atomic E-state index is -4.03. The molecule has 0 unspecified atom stereocenters. The van der Waals surface area contributed by atoms with Crippen LogP contribution in [0.15, 0.2) is 15.8 Å². The lowest BCUT2D eigenvalue weighted by Gasteiger charge is -2.16. The van der Waals surface area contributed by atoms with Gasteiger partial charge in [-0.2, -0.15) is 0 Å². The van der Waals surface area contributed by atoms with Crippen molar-refractivity contribution in [2.45, 2.75) is 38.5 Å². The Morgan fingerprint density at radius 3 is 2.80 bits per heavy atom. The van der Waals surface area contributed by atoms with Crippen molar-refractivity contribution in [1.82, 2.24) is 9.55 Å². The quantitative estimate of drug-likeness (QED) is 0.678. The zero-order valence-electron chi connectivity index (χ0n) is 11.0. The number of aromatic amines is 1. The van der Waals surface area contributed by atoms with Gasteiger partial charge < -0.3 is 14.5 Å². The van der Waals surface area contributed by atoms with E-state index in [4.69, 9.17) is 14.5 Å². The third kappa shape index (κ3) is 3.67. The number of hydrogen-bond acceptors (Lipinski definition) is 4. The summed E-state index contributed by atoms with van der Waals surface area (Å²) >= 11 is 0. The van der Waals surface area contributed by atoms with Gasteiger partial charge >= 0.3 is 13.3 Å². The first-order valence-electron chi connectivity index (χ1n) is 6.28. The standard InChI is InChI=1S/C11H17N2O6P/c1-7-6-13(11(15)12-10(7)14)9-3-2-8(19-9)4-5-20(16,17)18/h6,8-9H,2-5H2,1H3,(H,12,14,15)(H2,16,17,18)/t8-,9+/m0/s1. The number of hydrogen-bond donors (Lipinski definition) is 3. The first-order valence-corrected chi connectivity index (χ1v) is 8.08. The summed E-state index contributed by atoms with van der Waals surface area (Å²) in [6, 6.07) is 0. The lowest BCUT2D eigenvalue weighted by atomic mass is 10.2. The van der Waals surface area contributed by atoms with E-state index in [1.807, 2.05) is 0 Å². The van der Waals surface area contributed by atoms with Crippen LogP contribution in [0, 0.1) is 6.92 Å². The minimum absolute atomic E-state index is 0.232. The highest BCUT2D eigenvalue weighted by Crippen LogP contribution is 2.38. The maximum atomic E-state index is 11.7. The molecule has 0 amide bonds. The third-order valence-electron chi connectivity index (χ3n) is 3.28. The summed E-state index contributed by atoms with van der Waals surface area (Å²) in [6.45, 7) is 1.59. The molecule has 1 fully saturated rings. The Balaban J connectivity index is 2.06. The highest BCUT2D eigenvalue weighted by Gasteiger charge is 2.29. The molecule has 1 saturated heterocycles. The molecule has 3 N–H and O–H groups in total. The van der Waals surface area contributed by atoms with Gasteiger partial charge in [0.15, 0.2) is 0 Å². The fraction of sp³-hybridized carbons (Fsp3) is 0.636. The predicted octanol–water partition coefficient (Wildman–Crippen LogP) is 0.0904. The molecule has 1 aliphatic rings. The second-order valence-electron chi connectivity index (χ2n) is 4.95. The molecular weight excluding hydrogens is 287 g/mol. The zero-order chi connectivity index (χ0) is 14.9. The molecule has 1 aliphatic heterocycles. The summed E-state index contributed by atoms with van der Waals surface area (Å²) in [5.74, 6) is 0. The zero-order valence-corrected chi connectivity index (χ0v) is 11.9. The van der Waals surface area contributed by atoms with Gasteiger partial charge in [0.05, 0.1) is 12.3 Å². The normalized spacial score (nSPS) is 23.1. The molecule has 112 valence electrons. The molecule has 0 radical (unpaired) electrons. The van der Waals surface area contributed by atoms with Gasteiger partial charge in [-0.25, -0.2) is 4.79 Å². The van der Waals surface area contributed by atoms with E-state index < -0.39 is 25.1 Å². The number of aryl methyl sites for hydroxylation is 1. The number of ether oxygens (including phenoxy) is 1. The number of H-pyrrole nitrogens is 1. The summed E-state index contributed by atoms with van der Waals surface area (Å²) in [7, 11) is -4.03. The smallest absolute Gasteiger partial charge is 0.330 e. The molecule has 9 heteroatoms. The van der Waals surface area contributed by atoms with Gasteiger partial charge in [-0.1, -0.05) is 0 Å². The van der Waals surface area contributed by atoms with Crippen LogP contribution in [-0.2, 0) is 9.30 Å². The molecular formula is C11H17N2O6P. The number of nitrogens with zero attached hydrogens (tertiary/aromatic N) is 1. The Hall–Kier alpha value is -1.21. The van der Waals surface area contributed by atoms with Gasteiger partial charge in [0.1, 0.15) is 6.23 Å². The van der Waals surface area contributed by atoms with Gasteiger partial charge in [0.25, 0.3) is 5.56 Å². The first kappa shape index (κ1) is 15.2. The fourth-order valence-electron chi connectivity index (χ4n) is 2.22.